The van der Waals surface area contributed by atoms with Crippen LogP contribution >= 0.6 is 23.2 Å². The third-order valence-electron chi connectivity index (χ3n) is 2.69. The Morgan fingerprint density at radius 1 is 1.36 bits per heavy atom. The van der Waals surface area contributed by atoms with Gasteiger partial charge in [-0.15, -0.1) is 0 Å². The molecule has 3 unspecified atom stereocenters. The summed E-state index contributed by atoms with van der Waals surface area (Å²) >= 11 is 10.9. The van der Waals surface area contributed by atoms with E-state index >= 15 is 0 Å². The Labute approximate surface area is 93.3 Å². The molecule has 0 saturated heterocycles. The molecule has 0 bridgehead atoms. The Hall–Kier alpha value is -0.340. The maximum Gasteiger partial charge on any atom is 0.226 e. The van der Waals surface area contributed by atoms with Crippen molar-refractivity contribution in [2.45, 2.75) is 19.8 Å². The molecule has 0 heterocycles. The number of hydrogen-bond donors (Lipinski definition) is 0. The van der Waals surface area contributed by atoms with E-state index in [0.717, 1.165) is 6.42 Å². The van der Waals surface area contributed by atoms with Gasteiger partial charge in [-0.05, 0) is 42.0 Å². The topological polar surface area (TPSA) is 34.1 Å². The van der Waals surface area contributed by atoms with Gasteiger partial charge >= 0.3 is 0 Å². The van der Waals surface area contributed by atoms with Crippen LogP contribution in [0.3, 0.4) is 0 Å². The molecule has 1 aliphatic rings. The van der Waals surface area contributed by atoms with Crippen molar-refractivity contribution in [2.24, 2.45) is 17.8 Å². The Morgan fingerprint density at radius 3 is 2.43 bits per heavy atom. The third kappa shape index (κ3) is 2.37. The second-order valence-electron chi connectivity index (χ2n) is 3.48. The Bertz CT molecular complexity index is 273. The second-order valence-corrected chi connectivity index (χ2v) is 4.22. The molecular weight excluding hydrogens is 223 g/mol. The molecule has 0 spiro atoms. The molecule has 2 nitrogen and oxygen atoms in total. The van der Waals surface area contributed by atoms with Crippen LogP contribution in [0.25, 0.3) is 0 Å². The van der Waals surface area contributed by atoms with Crippen molar-refractivity contribution in [3.05, 3.63) is 12.2 Å². The lowest BCUT2D eigenvalue weighted by molar-refractivity contribution is -0.125. The highest BCUT2D eigenvalue weighted by atomic mass is 35.5. The van der Waals surface area contributed by atoms with Crippen molar-refractivity contribution in [1.82, 2.24) is 0 Å². The average molecular weight is 235 g/mol. The van der Waals surface area contributed by atoms with Crippen molar-refractivity contribution in [3.63, 3.8) is 0 Å². The highest BCUT2D eigenvalue weighted by Gasteiger charge is 2.37. The lowest BCUT2D eigenvalue weighted by Crippen LogP contribution is -2.33. The van der Waals surface area contributed by atoms with Gasteiger partial charge in [0.25, 0.3) is 0 Å². The van der Waals surface area contributed by atoms with Crippen LogP contribution in [-0.2, 0) is 9.59 Å². The molecule has 0 aromatic heterocycles. The molecule has 0 amide bonds. The van der Waals surface area contributed by atoms with E-state index in [-0.39, 0.29) is 5.92 Å². The fourth-order valence-electron chi connectivity index (χ4n) is 1.91. The van der Waals surface area contributed by atoms with Crippen molar-refractivity contribution in [3.8, 4) is 0 Å². The van der Waals surface area contributed by atoms with E-state index in [1.807, 2.05) is 19.1 Å². The first-order valence-corrected chi connectivity index (χ1v) is 5.38. The Morgan fingerprint density at radius 2 is 2.00 bits per heavy atom. The van der Waals surface area contributed by atoms with Crippen LogP contribution in [0.15, 0.2) is 12.2 Å². The highest BCUT2D eigenvalue weighted by Crippen LogP contribution is 2.35. The van der Waals surface area contributed by atoms with E-state index in [1.165, 1.54) is 0 Å². The molecule has 0 aliphatic heterocycles. The van der Waals surface area contributed by atoms with E-state index < -0.39 is 22.3 Å². The van der Waals surface area contributed by atoms with Gasteiger partial charge in [0.05, 0.1) is 5.92 Å². The summed E-state index contributed by atoms with van der Waals surface area (Å²) in [4.78, 5) is 22.3. The lowest BCUT2D eigenvalue weighted by Gasteiger charge is -2.29. The molecule has 14 heavy (non-hydrogen) atoms. The highest BCUT2D eigenvalue weighted by molar-refractivity contribution is 6.66. The minimum absolute atomic E-state index is 0.0430. The molecule has 0 N–H and O–H groups in total. The molecule has 78 valence electrons. The number of rotatable bonds is 3. The van der Waals surface area contributed by atoms with Crippen LogP contribution in [0, 0.1) is 17.8 Å². The first-order chi connectivity index (χ1) is 6.57. The SMILES string of the molecule is CCC1C=CCC(C(=O)Cl)C1C(=O)Cl. The van der Waals surface area contributed by atoms with Crippen LogP contribution < -0.4 is 0 Å². The van der Waals surface area contributed by atoms with Crippen molar-refractivity contribution in [1.29, 1.82) is 0 Å². The summed E-state index contributed by atoms with van der Waals surface area (Å²) in [5.41, 5.74) is 0. The van der Waals surface area contributed by atoms with Gasteiger partial charge in [0.15, 0.2) is 0 Å². The summed E-state index contributed by atoms with van der Waals surface area (Å²) in [5, 5.41) is -0.924. The minimum Gasteiger partial charge on any atom is -0.281 e. The van der Waals surface area contributed by atoms with Crippen molar-refractivity contribution < 1.29 is 9.59 Å². The normalized spacial score (nSPS) is 31.5. The molecule has 1 rings (SSSR count). The third-order valence-corrected chi connectivity index (χ3v) is 3.23. The molecule has 3 atom stereocenters. The lowest BCUT2D eigenvalue weighted by atomic mass is 9.76. The molecule has 0 aromatic carbocycles. The van der Waals surface area contributed by atoms with E-state index in [0.29, 0.717) is 6.42 Å². The van der Waals surface area contributed by atoms with Gasteiger partial charge < -0.3 is 0 Å². The summed E-state index contributed by atoms with van der Waals surface area (Å²) in [6, 6.07) is 0. The second kappa shape index (κ2) is 4.94. The van der Waals surface area contributed by atoms with Crippen LogP contribution in [0.1, 0.15) is 19.8 Å². The van der Waals surface area contributed by atoms with Gasteiger partial charge in [-0.25, -0.2) is 0 Å². The predicted octanol–water partition coefficient (Wildman–Crippen LogP) is 2.74. The quantitative estimate of drug-likeness (QED) is 0.556. The summed E-state index contributed by atoms with van der Waals surface area (Å²) < 4.78 is 0. The molecular formula is C10H12Cl2O2. The number of carbonyl (C=O) groups is 2. The first-order valence-electron chi connectivity index (χ1n) is 4.63. The van der Waals surface area contributed by atoms with Crippen molar-refractivity contribution in [2.75, 3.05) is 0 Å². The largest absolute Gasteiger partial charge is 0.281 e. The summed E-state index contributed by atoms with van der Waals surface area (Å²) in [6.07, 6.45) is 5.15. The summed E-state index contributed by atoms with van der Waals surface area (Å²) in [7, 11) is 0. The van der Waals surface area contributed by atoms with E-state index in [1.54, 1.807) is 0 Å². The maximum absolute atomic E-state index is 11.2. The van der Waals surface area contributed by atoms with Crippen LogP contribution in [0.2, 0.25) is 0 Å². The molecule has 0 fully saturated rings. The number of carbonyl (C=O) groups excluding carboxylic acids is 2. The number of hydrogen-bond acceptors (Lipinski definition) is 2. The molecule has 4 heteroatoms. The molecule has 0 radical (unpaired) electrons. The fourth-order valence-corrected chi connectivity index (χ4v) is 2.45. The number of allylic oxidation sites excluding steroid dienone is 2. The standard InChI is InChI=1S/C10H12Cl2O2/c1-2-6-4-3-5-7(9(11)13)8(6)10(12)14/h3-4,6-8H,2,5H2,1H3. The van der Waals surface area contributed by atoms with Crippen LogP contribution in [0.5, 0.6) is 0 Å². The van der Waals surface area contributed by atoms with Crippen LogP contribution in [0.4, 0.5) is 0 Å². The minimum atomic E-state index is -0.466. The Balaban J connectivity index is 2.92. The van der Waals surface area contributed by atoms with E-state index in [2.05, 4.69) is 0 Å². The van der Waals surface area contributed by atoms with Gasteiger partial charge in [0, 0.05) is 5.92 Å². The van der Waals surface area contributed by atoms with Gasteiger partial charge in [0.2, 0.25) is 10.5 Å². The van der Waals surface area contributed by atoms with Gasteiger partial charge in [-0.3, -0.25) is 9.59 Å². The van der Waals surface area contributed by atoms with Gasteiger partial charge in [-0.1, -0.05) is 19.1 Å². The predicted molar refractivity (Wildman–Crippen MR) is 56.2 cm³/mol. The maximum atomic E-state index is 11.2. The summed E-state index contributed by atoms with van der Waals surface area (Å²) in [5.74, 6) is -0.852. The van der Waals surface area contributed by atoms with Gasteiger partial charge in [0.1, 0.15) is 0 Å². The zero-order chi connectivity index (χ0) is 10.7. The molecule has 0 aromatic rings. The first kappa shape index (κ1) is 11.7. The zero-order valence-electron chi connectivity index (χ0n) is 7.87. The van der Waals surface area contributed by atoms with E-state index in [4.69, 9.17) is 23.2 Å². The number of halogens is 2. The molecule has 0 saturated carbocycles. The summed E-state index contributed by atoms with van der Waals surface area (Å²) in [6.45, 7) is 1.96. The van der Waals surface area contributed by atoms with E-state index in [9.17, 15) is 9.59 Å². The average Bonchev–Trinajstić information content (AvgIpc) is 2.16. The fraction of sp³-hybridized carbons (Fsp3) is 0.600. The van der Waals surface area contributed by atoms with Crippen molar-refractivity contribution >= 4 is 33.7 Å². The smallest absolute Gasteiger partial charge is 0.226 e. The Kier molecular flexibility index (Phi) is 4.14. The van der Waals surface area contributed by atoms with Gasteiger partial charge in [-0.2, -0.15) is 0 Å². The molecule has 1 aliphatic carbocycles. The monoisotopic (exact) mass is 234 g/mol. The zero-order valence-corrected chi connectivity index (χ0v) is 9.39. The van der Waals surface area contributed by atoms with Crippen LogP contribution in [-0.4, -0.2) is 10.5 Å².